The SMILES string of the molecule is Cc1ccc(C=NNC(=O)c2cc(-c3ccc(C)c(C)c3)nc3ccccc23)o1. The quantitative estimate of drug-likeness (QED) is 0.390. The van der Waals surface area contributed by atoms with Crippen LogP contribution in [0.15, 0.2) is 70.2 Å². The number of para-hydroxylation sites is 1. The van der Waals surface area contributed by atoms with Gasteiger partial charge < -0.3 is 4.42 Å². The van der Waals surface area contributed by atoms with Gasteiger partial charge in [0.25, 0.3) is 5.91 Å². The van der Waals surface area contributed by atoms with Gasteiger partial charge in [0.15, 0.2) is 0 Å². The van der Waals surface area contributed by atoms with Crippen molar-refractivity contribution in [2.24, 2.45) is 5.10 Å². The predicted molar refractivity (Wildman–Crippen MR) is 115 cm³/mol. The van der Waals surface area contributed by atoms with Gasteiger partial charge in [0, 0.05) is 10.9 Å². The first-order chi connectivity index (χ1) is 14.0. The predicted octanol–water partition coefficient (Wildman–Crippen LogP) is 5.18. The van der Waals surface area contributed by atoms with Crippen LogP contribution < -0.4 is 5.43 Å². The Morgan fingerprint density at radius 1 is 1.00 bits per heavy atom. The van der Waals surface area contributed by atoms with Crippen molar-refractivity contribution in [1.29, 1.82) is 0 Å². The van der Waals surface area contributed by atoms with Gasteiger partial charge in [-0.15, -0.1) is 0 Å². The number of furan rings is 1. The van der Waals surface area contributed by atoms with Crippen LogP contribution in [0, 0.1) is 20.8 Å². The molecule has 0 aliphatic heterocycles. The molecule has 0 saturated heterocycles. The number of hydrogen-bond donors (Lipinski definition) is 1. The van der Waals surface area contributed by atoms with Crippen molar-refractivity contribution in [3.05, 3.63) is 88.9 Å². The summed E-state index contributed by atoms with van der Waals surface area (Å²) in [6.07, 6.45) is 1.48. The lowest BCUT2D eigenvalue weighted by Gasteiger charge is -2.10. The first-order valence-electron chi connectivity index (χ1n) is 9.38. The van der Waals surface area contributed by atoms with Crippen molar-refractivity contribution in [3.63, 3.8) is 0 Å². The molecule has 0 saturated carbocycles. The minimum atomic E-state index is -0.298. The lowest BCUT2D eigenvalue weighted by molar-refractivity contribution is 0.0956. The Morgan fingerprint density at radius 3 is 2.59 bits per heavy atom. The van der Waals surface area contributed by atoms with Crippen molar-refractivity contribution in [2.45, 2.75) is 20.8 Å². The molecule has 4 aromatic rings. The highest BCUT2D eigenvalue weighted by atomic mass is 16.3. The fourth-order valence-corrected chi connectivity index (χ4v) is 3.15. The summed E-state index contributed by atoms with van der Waals surface area (Å²) < 4.78 is 5.43. The molecule has 5 nitrogen and oxygen atoms in total. The zero-order chi connectivity index (χ0) is 20.4. The maximum absolute atomic E-state index is 12.9. The second-order valence-corrected chi connectivity index (χ2v) is 7.02. The highest BCUT2D eigenvalue weighted by molar-refractivity contribution is 6.07. The minimum absolute atomic E-state index is 0.298. The van der Waals surface area contributed by atoms with E-state index >= 15 is 0 Å². The van der Waals surface area contributed by atoms with E-state index in [1.807, 2.05) is 49.4 Å². The average Bonchev–Trinajstić information content (AvgIpc) is 3.14. The van der Waals surface area contributed by atoms with E-state index in [0.717, 1.165) is 27.9 Å². The number of carbonyl (C=O) groups excluding carboxylic acids is 1. The third-order valence-corrected chi connectivity index (χ3v) is 4.88. The van der Waals surface area contributed by atoms with Crippen LogP contribution in [0.3, 0.4) is 0 Å². The summed E-state index contributed by atoms with van der Waals surface area (Å²) in [7, 11) is 0. The Balaban J connectivity index is 1.71. The first-order valence-corrected chi connectivity index (χ1v) is 9.38. The lowest BCUT2D eigenvalue weighted by Crippen LogP contribution is -2.18. The van der Waals surface area contributed by atoms with Crippen molar-refractivity contribution in [2.75, 3.05) is 0 Å². The molecule has 0 fully saturated rings. The number of nitrogens with one attached hydrogen (secondary N) is 1. The maximum atomic E-state index is 12.9. The lowest BCUT2D eigenvalue weighted by atomic mass is 10.0. The van der Waals surface area contributed by atoms with Crippen molar-refractivity contribution in [1.82, 2.24) is 10.4 Å². The third kappa shape index (κ3) is 3.94. The third-order valence-electron chi connectivity index (χ3n) is 4.88. The van der Waals surface area contributed by atoms with Crippen LogP contribution in [-0.4, -0.2) is 17.1 Å². The zero-order valence-electron chi connectivity index (χ0n) is 16.6. The van der Waals surface area contributed by atoms with E-state index in [1.165, 1.54) is 17.3 Å². The Bertz CT molecular complexity index is 1240. The molecule has 0 aliphatic carbocycles. The molecule has 2 aromatic heterocycles. The second-order valence-electron chi connectivity index (χ2n) is 7.02. The summed E-state index contributed by atoms with van der Waals surface area (Å²) in [5, 5.41) is 4.81. The van der Waals surface area contributed by atoms with E-state index in [1.54, 1.807) is 6.07 Å². The monoisotopic (exact) mass is 383 g/mol. The normalized spacial score (nSPS) is 11.3. The summed E-state index contributed by atoms with van der Waals surface area (Å²) in [5.74, 6) is 1.07. The Morgan fingerprint density at radius 2 is 1.83 bits per heavy atom. The number of hydrazone groups is 1. The molecule has 5 heteroatoms. The number of fused-ring (bicyclic) bond motifs is 1. The molecule has 144 valence electrons. The van der Waals surface area contributed by atoms with Crippen LogP contribution in [0.1, 0.15) is 33.0 Å². The number of carbonyl (C=O) groups is 1. The van der Waals surface area contributed by atoms with E-state index in [-0.39, 0.29) is 5.91 Å². The smallest absolute Gasteiger partial charge is 0.272 e. The van der Waals surface area contributed by atoms with Crippen LogP contribution in [0.25, 0.3) is 22.2 Å². The number of aryl methyl sites for hydroxylation is 3. The Labute approximate surface area is 169 Å². The molecule has 4 rings (SSSR count). The topological polar surface area (TPSA) is 67.5 Å². The highest BCUT2D eigenvalue weighted by Crippen LogP contribution is 2.26. The van der Waals surface area contributed by atoms with Gasteiger partial charge in [-0.2, -0.15) is 5.10 Å². The van der Waals surface area contributed by atoms with Crippen molar-refractivity contribution >= 4 is 23.0 Å². The van der Waals surface area contributed by atoms with Crippen molar-refractivity contribution < 1.29 is 9.21 Å². The summed E-state index contributed by atoms with van der Waals surface area (Å²) in [6, 6.07) is 19.2. The molecule has 1 N–H and O–H groups in total. The van der Waals surface area contributed by atoms with Crippen LogP contribution in [0.5, 0.6) is 0 Å². The van der Waals surface area contributed by atoms with E-state index < -0.39 is 0 Å². The first kappa shape index (κ1) is 18.6. The van der Waals surface area contributed by atoms with Gasteiger partial charge in [-0.05, 0) is 62.2 Å². The Hall–Kier alpha value is -3.73. The molecule has 2 aromatic carbocycles. The van der Waals surface area contributed by atoms with Gasteiger partial charge in [0.1, 0.15) is 11.5 Å². The molecular weight excluding hydrogens is 362 g/mol. The van der Waals surface area contributed by atoms with Gasteiger partial charge in [0.2, 0.25) is 0 Å². The van der Waals surface area contributed by atoms with Crippen LogP contribution >= 0.6 is 0 Å². The molecule has 1 amide bonds. The van der Waals surface area contributed by atoms with Crippen molar-refractivity contribution in [3.8, 4) is 11.3 Å². The minimum Gasteiger partial charge on any atom is -0.460 e. The van der Waals surface area contributed by atoms with Gasteiger partial charge in [-0.3, -0.25) is 4.79 Å². The number of pyridine rings is 1. The van der Waals surface area contributed by atoms with Crippen LogP contribution in [0.4, 0.5) is 0 Å². The number of benzene rings is 2. The molecular formula is C24H21N3O2. The number of hydrogen-bond acceptors (Lipinski definition) is 4. The molecule has 0 atom stereocenters. The van der Waals surface area contributed by atoms with Gasteiger partial charge in [-0.1, -0.05) is 30.3 Å². The maximum Gasteiger partial charge on any atom is 0.272 e. The van der Waals surface area contributed by atoms with Gasteiger partial charge in [-0.25, -0.2) is 10.4 Å². The van der Waals surface area contributed by atoms with Crippen LogP contribution in [0.2, 0.25) is 0 Å². The number of nitrogens with zero attached hydrogens (tertiary/aromatic N) is 2. The van der Waals surface area contributed by atoms with E-state index in [2.05, 4.69) is 36.5 Å². The summed E-state index contributed by atoms with van der Waals surface area (Å²) in [5.41, 5.74) is 8.01. The van der Waals surface area contributed by atoms with Gasteiger partial charge in [0.05, 0.1) is 23.0 Å². The molecule has 2 heterocycles. The molecule has 0 spiro atoms. The zero-order valence-corrected chi connectivity index (χ0v) is 16.6. The number of amides is 1. The van der Waals surface area contributed by atoms with E-state index in [9.17, 15) is 4.79 Å². The molecule has 0 aliphatic rings. The molecule has 29 heavy (non-hydrogen) atoms. The molecule has 0 bridgehead atoms. The number of rotatable bonds is 4. The summed E-state index contributed by atoms with van der Waals surface area (Å²) >= 11 is 0. The van der Waals surface area contributed by atoms with E-state index in [0.29, 0.717) is 11.3 Å². The average molecular weight is 383 g/mol. The van der Waals surface area contributed by atoms with Crippen LogP contribution in [-0.2, 0) is 0 Å². The molecule has 0 unspecified atom stereocenters. The largest absolute Gasteiger partial charge is 0.460 e. The standard InChI is InChI=1S/C24H21N3O2/c1-15-8-10-18(12-16(15)2)23-13-21(20-6-4-5-7-22(20)26-23)24(28)27-25-14-19-11-9-17(3)29-19/h4-14H,1-3H3,(H,27,28). The summed E-state index contributed by atoms with van der Waals surface area (Å²) in [4.78, 5) is 17.6. The number of aromatic nitrogens is 1. The second kappa shape index (κ2) is 7.72. The highest BCUT2D eigenvalue weighted by Gasteiger charge is 2.14. The summed E-state index contributed by atoms with van der Waals surface area (Å²) in [6.45, 7) is 6.00. The molecule has 0 radical (unpaired) electrons. The van der Waals surface area contributed by atoms with Gasteiger partial charge >= 0.3 is 0 Å². The fraction of sp³-hybridized carbons (Fsp3) is 0.125. The van der Waals surface area contributed by atoms with E-state index in [4.69, 9.17) is 9.40 Å². The fourth-order valence-electron chi connectivity index (χ4n) is 3.15. The Kier molecular flexibility index (Phi) is 4.96.